The van der Waals surface area contributed by atoms with Gasteiger partial charge in [0.25, 0.3) is 5.95 Å². The van der Waals surface area contributed by atoms with Gasteiger partial charge in [0.1, 0.15) is 9.97 Å². The molecule has 1 N–H and O–H groups in total. The van der Waals surface area contributed by atoms with E-state index in [-0.39, 0.29) is 0 Å². The van der Waals surface area contributed by atoms with Crippen LogP contribution in [-0.2, 0) is 17.3 Å². The average Bonchev–Trinajstić information content (AvgIpc) is 3.36. The van der Waals surface area contributed by atoms with Crippen molar-refractivity contribution in [3.05, 3.63) is 52.6 Å². The summed E-state index contributed by atoms with van der Waals surface area (Å²) in [5, 5.41) is 5.46. The minimum absolute atomic E-state index is 0.533. The first kappa shape index (κ1) is 19.2. The van der Waals surface area contributed by atoms with Gasteiger partial charge < -0.3 is 19.4 Å². The molecule has 5 nitrogen and oxygen atoms in total. The van der Waals surface area contributed by atoms with Crippen molar-refractivity contribution >= 4 is 33.5 Å². The summed E-state index contributed by atoms with van der Waals surface area (Å²) in [5.41, 5.74) is 4.63. The minimum Gasteiger partial charge on any atom is -0.468 e. The lowest BCUT2D eigenvalue weighted by Crippen LogP contribution is -2.27. The highest BCUT2D eigenvalue weighted by molar-refractivity contribution is 7.87. The van der Waals surface area contributed by atoms with Crippen LogP contribution in [0, 0.1) is 13.8 Å². The van der Waals surface area contributed by atoms with E-state index in [0.29, 0.717) is 12.5 Å². The minimum atomic E-state index is -1.09. The van der Waals surface area contributed by atoms with Crippen molar-refractivity contribution in [3.63, 3.8) is 0 Å². The monoisotopic (exact) mass is 416 g/mol. The van der Waals surface area contributed by atoms with Gasteiger partial charge in [-0.15, -0.1) is 11.3 Å². The maximum atomic E-state index is 13.0. The summed E-state index contributed by atoms with van der Waals surface area (Å²) >= 11 is 1.57. The summed E-state index contributed by atoms with van der Waals surface area (Å²) in [5.74, 6) is 1.40. The van der Waals surface area contributed by atoms with Gasteiger partial charge in [-0.1, -0.05) is 6.07 Å². The van der Waals surface area contributed by atoms with E-state index in [1.165, 1.54) is 11.1 Å². The molecule has 0 spiro atoms. The van der Waals surface area contributed by atoms with Gasteiger partial charge in [0.2, 0.25) is 0 Å². The average molecular weight is 417 g/mol. The lowest BCUT2D eigenvalue weighted by atomic mass is 10.1. The van der Waals surface area contributed by atoms with Crippen molar-refractivity contribution in [2.75, 3.05) is 25.1 Å². The molecule has 1 aliphatic heterocycles. The van der Waals surface area contributed by atoms with Crippen molar-refractivity contribution in [2.45, 2.75) is 35.9 Å². The van der Waals surface area contributed by atoms with E-state index >= 15 is 0 Å². The topological polar surface area (TPSA) is 54.7 Å². The number of anilines is 2. The number of nitrogens with zero attached hydrogens (tertiary/aromatic N) is 1. The third-order valence-corrected chi connectivity index (χ3v) is 7.79. The number of furan rings is 1. The number of nitrogens with one attached hydrogen (secondary N) is 1. The molecule has 7 heteroatoms. The lowest BCUT2D eigenvalue weighted by Gasteiger charge is -2.32. The number of fused-ring (bicyclic) bond motifs is 2. The number of aryl methyl sites for hydroxylation is 1. The Kier molecular flexibility index (Phi) is 5.57. The van der Waals surface area contributed by atoms with Crippen molar-refractivity contribution in [1.29, 1.82) is 0 Å². The van der Waals surface area contributed by atoms with Crippen molar-refractivity contribution in [3.8, 4) is 5.95 Å². The summed E-state index contributed by atoms with van der Waals surface area (Å²) < 4.78 is 24.5. The number of hydrogen-bond donors (Lipinski definition) is 1. The molecule has 1 aromatic carbocycles. The molecule has 148 valence electrons. The summed E-state index contributed by atoms with van der Waals surface area (Å²) in [6.45, 7) is 6.64. The standard InChI is InChI=1S/C21H24N2O3S2/c1-14-5-7-18-20(15(14)2)23(17-9-12-27-21(17)28(18)24)11-4-10-22-13-16-6-8-19(25-3)26-16/h5-9,12,22H,4,10-11,13H2,1-3H3. The molecule has 0 amide bonds. The second-order valence-corrected chi connectivity index (χ2v) is 9.38. The second kappa shape index (κ2) is 8.11. The van der Waals surface area contributed by atoms with E-state index < -0.39 is 10.8 Å². The second-order valence-electron chi connectivity index (χ2n) is 6.82. The van der Waals surface area contributed by atoms with Crippen LogP contribution in [0.1, 0.15) is 23.3 Å². The first-order valence-electron chi connectivity index (χ1n) is 9.30. The maximum Gasteiger partial charge on any atom is 0.284 e. The molecular weight excluding hydrogens is 392 g/mol. The molecule has 0 saturated heterocycles. The Morgan fingerprint density at radius 1 is 1.21 bits per heavy atom. The predicted octanol–water partition coefficient (Wildman–Crippen LogP) is 4.76. The fourth-order valence-corrected chi connectivity index (χ4v) is 6.08. The number of methoxy groups -OCH3 is 1. The first-order chi connectivity index (χ1) is 13.6. The highest BCUT2D eigenvalue weighted by Crippen LogP contribution is 2.46. The molecule has 4 rings (SSSR count). The van der Waals surface area contributed by atoms with Crippen molar-refractivity contribution < 1.29 is 13.4 Å². The SMILES string of the molecule is COc1ccc(CNCCCN2c3ccsc3S(=O)c3ccc(C)c(C)c32)o1. The molecular formula is C21H24N2O3S2. The summed E-state index contributed by atoms with van der Waals surface area (Å²) in [6.07, 6.45) is 0.965. The van der Waals surface area contributed by atoms with Crippen molar-refractivity contribution in [1.82, 2.24) is 5.32 Å². The normalized spacial score (nSPS) is 15.4. The van der Waals surface area contributed by atoms with Crippen LogP contribution in [0.2, 0.25) is 0 Å². The van der Waals surface area contributed by atoms with Crippen LogP contribution < -0.4 is 15.0 Å². The van der Waals surface area contributed by atoms with E-state index in [2.05, 4.69) is 36.2 Å². The zero-order valence-electron chi connectivity index (χ0n) is 16.3. The number of rotatable bonds is 7. The summed E-state index contributed by atoms with van der Waals surface area (Å²) in [4.78, 5) is 3.26. The van der Waals surface area contributed by atoms with Gasteiger partial charge in [-0.25, -0.2) is 4.21 Å². The molecule has 0 aliphatic carbocycles. The molecule has 2 aromatic heterocycles. The highest BCUT2D eigenvalue weighted by Gasteiger charge is 2.30. The zero-order chi connectivity index (χ0) is 19.7. The zero-order valence-corrected chi connectivity index (χ0v) is 17.9. The van der Waals surface area contributed by atoms with Crippen LogP contribution in [0.15, 0.2) is 49.2 Å². The number of benzene rings is 1. The van der Waals surface area contributed by atoms with Gasteiger partial charge in [-0.2, -0.15) is 0 Å². The Labute approximate surface area is 171 Å². The molecule has 3 heterocycles. The number of ether oxygens (including phenoxy) is 1. The predicted molar refractivity (Wildman–Crippen MR) is 113 cm³/mol. The van der Waals surface area contributed by atoms with Gasteiger partial charge in [-0.05, 0) is 61.5 Å². The van der Waals surface area contributed by atoms with E-state index in [4.69, 9.17) is 9.15 Å². The van der Waals surface area contributed by atoms with Crippen LogP contribution in [0.4, 0.5) is 11.4 Å². The Bertz CT molecular complexity index is 1010. The van der Waals surface area contributed by atoms with Crippen LogP contribution in [0.25, 0.3) is 0 Å². The fourth-order valence-electron chi connectivity index (χ4n) is 3.48. The quantitative estimate of drug-likeness (QED) is 0.563. The van der Waals surface area contributed by atoms with Gasteiger partial charge in [0.15, 0.2) is 0 Å². The number of hydrogen-bond acceptors (Lipinski definition) is 6. The molecule has 0 radical (unpaired) electrons. The molecule has 0 bridgehead atoms. The van der Waals surface area contributed by atoms with Crippen LogP contribution >= 0.6 is 11.3 Å². The van der Waals surface area contributed by atoms with Crippen LogP contribution in [0.5, 0.6) is 5.95 Å². The van der Waals surface area contributed by atoms with Crippen LogP contribution in [0.3, 0.4) is 0 Å². The molecule has 1 aliphatic rings. The van der Waals surface area contributed by atoms with Crippen molar-refractivity contribution in [2.24, 2.45) is 0 Å². The van der Waals surface area contributed by atoms with E-state index in [0.717, 1.165) is 45.8 Å². The summed E-state index contributed by atoms with van der Waals surface area (Å²) in [7, 11) is 0.505. The van der Waals surface area contributed by atoms with Gasteiger partial charge in [0.05, 0.1) is 40.7 Å². The molecule has 3 aromatic rings. The Hall–Kier alpha value is -2.09. The third kappa shape index (κ3) is 3.50. The van der Waals surface area contributed by atoms with Gasteiger partial charge in [-0.3, -0.25) is 0 Å². The largest absolute Gasteiger partial charge is 0.468 e. The maximum absolute atomic E-state index is 13.0. The molecule has 0 fully saturated rings. The van der Waals surface area contributed by atoms with E-state index in [1.54, 1.807) is 18.4 Å². The molecule has 28 heavy (non-hydrogen) atoms. The van der Waals surface area contributed by atoms with E-state index in [1.807, 2.05) is 23.6 Å². The van der Waals surface area contributed by atoms with Gasteiger partial charge >= 0.3 is 0 Å². The highest BCUT2D eigenvalue weighted by atomic mass is 32.2. The van der Waals surface area contributed by atoms with E-state index in [9.17, 15) is 4.21 Å². The fraction of sp³-hybridized carbons (Fsp3) is 0.333. The lowest BCUT2D eigenvalue weighted by molar-refractivity contribution is 0.292. The first-order valence-corrected chi connectivity index (χ1v) is 11.3. The molecule has 1 atom stereocenters. The molecule has 1 unspecified atom stereocenters. The van der Waals surface area contributed by atoms with Gasteiger partial charge in [0, 0.05) is 12.6 Å². The van der Waals surface area contributed by atoms with Crippen LogP contribution in [-0.4, -0.2) is 24.4 Å². The summed E-state index contributed by atoms with van der Waals surface area (Å²) in [6, 6.07) is 9.93. The molecule has 0 saturated carbocycles. The third-order valence-electron chi connectivity index (χ3n) is 5.08. The Morgan fingerprint density at radius 3 is 2.86 bits per heavy atom. The Balaban J connectivity index is 1.45. The smallest absolute Gasteiger partial charge is 0.284 e. The number of thiophene rings is 1. The Morgan fingerprint density at radius 2 is 2.07 bits per heavy atom.